The summed E-state index contributed by atoms with van der Waals surface area (Å²) in [5.74, 6) is -2.85. The van der Waals surface area contributed by atoms with Crippen LogP contribution in [0.3, 0.4) is 0 Å². The van der Waals surface area contributed by atoms with Gasteiger partial charge in [0.25, 0.3) is 0 Å². The molecule has 1 fully saturated rings. The normalized spacial score (nSPS) is 16.6. The Labute approximate surface area is 159 Å². The van der Waals surface area contributed by atoms with Gasteiger partial charge in [-0.15, -0.1) is 0 Å². The highest BCUT2D eigenvalue weighted by molar-refractivity contribution is 7.91. The van der Waals surface area contributed by atoms with Crippen LogP contribution in [0, 0.1) is 5.92 Å². The predicted octanol–water partition coefficient (Wildman–Crippen LogP) is 4.01. The van der Waals surface area contributed by atoms with E-state index in [2.05, 4.69) is 34.5 Å². The van der Waals surface area contributed by atoms with E-state index in [1.807, 2.05) is 6.07 Å². The van der Waals surface area contributed by atoms with Gasteiger partial charge < -0.3 is 5.32 Å². The maximum Gasteiger partial charge on any atom is 0.341 e. The summed E-state index contributed by atoms with van der Waals surface area (Å²) in [6.45, 7) is 3.86. The van der Waals surface area contributed by atoms with Crippen molar-refractivity contribution in [2.75, 3.05) is 25.0 Å². The summed E-state index contributed by atoms with van der Waals surface area (Å²) in [6, 6.07) is 16.0. The summed E-state index contributed by atoms with van der Waals surface area (Å²) < 4.78 is 48.0. The summed E-state index contributed by atoms with van der Waals surface area (Å²) in [4.78, 5) is 2.10. The summed E-state index contributed by atoms with van der Waals surface area (Å²) in [5.41, 5.74) is 2.07. The molecule has 1 heterocycles. The molecule has 0 aliphatic carbocycles. The van der Waals surface area contributed by atoms with Crippen molar-refractivity contribution in [3.05, 3.63) is 60.2 Å². The molecule has 4 nitrogen and oxygen atoms in total. The molecular formula is C20H24F2N2O2S. The van der Waals surface area contributed by atoms with Gasteiger partial charge in [0.2, 0.25) is 9.84 Å². The Morgan fingerprint density at radius 1 is 1.00 bits per heavy atom. The zero-order valence-corrected chi connectivity index (χ0v) is 15.8. The van der Waals surface area contributed by atoms with E-state index in [1.165, 1.54) is 17.7 Å². The van der Waals surface area contributed by atoms with Crippen LogP contribution in [0.15, 0.2) is 59.5 Å². The molecule has 0 radical (unpaired) electrons. The number of anilines is 1. The average molecular weight is 394 g/mol. The van der Waals surface area contributed by atoms with Crippen molar-refractivity contribution in [2.24, 2.45) is 5.92 Å². The lowest BCUT2D eigenvalue weighted by atomic mass is 9.96. The first-order chi connectivity index (χ1) is 12.9. The molecule has 0 bridgehead atoms. The maximum absolute atomic E-state index is 12.6. The lowest BCUT2D eigenvalue weighted by Gasteiger charge is -2.32. The van der Waals surface area contributed by atoms with Gasteiger partial charge in [-0.3, -0.25) is 4.90 Å². The largest absolute Gasteiger partial charge is 0.385 e. The van der Waals surface area contributed by atoms with Crippen molar-refractivity contribution >= 4 is 15.5 Å². The Morgan fingerprint density at radius 2 is 1.63 bits per heavy atom. The fraction of sp³-hybridized carbons (Fsp3) is 0.400. The molecule has 0 unspecified atom stereocenters. The average Bonchev–Trinajstić information content (AvgIpc) is 2.68. The Balaban J connectivity index is 1.45. The molecule has 2 aromatic rings. The van der Waals surface area contributed by atoms with E-state index in [1.54, 1.807) is 12.1 Å². The second-order valence-corrected chi connectivity index (χ2v) is 8.83. The number of likely N-dealkylation sites (tertiary alicyclic amines) is 1. The van der Waals surface area contributed by atoms with E-state index in [0.717, 1.165) is 44.7 Å². The molecular weight excluding hydrogens is 370 g/mol. The van der Waals surface area contributed by atoms with Crippen LogP contribution in [0.2, 0.25) is 0 Å². The Hall–Kier alpha value is -1.99. The quantitative estimate of drug-likeness (QED) is 0.771. The fourth-order valence-electron chi connectivity index (χ4n) is 3.32. The molecule has 1 saturated heterocycles. The Morgan fingerprint density at radius 3 is 2.22 bits per heavy atom. The molecule has 0 atom stereocenters. The van der Waals surface area contributed by atoms with E-state index in [4.69, 9.17) is 0 Å². The molecule has 0 aromatic heterocycles. The molecule has 1 N–H and O–H groups in total. The molecule has 0 spiro atoms. The third kappa shape index (κ3) is 5.26. The van der Waals surface area contributed by atoms with E-state index in [9.17, 15) is 17.2 Å². The molecule has 1 aliphatic heterocycles. The van der Waals surface area contributed by atoms with Gasteiger partial charge in [0.05, 0.1) is 4.90 Å². The highest BCUT2D eigenvalue weighted by Gasteiger charge is 2.26. The summed E-state index contributed by atoms with van der Waals surface area (Å²) in [7, 11) is -4.53. The van der Waals surface area contributed by atoms with Gasteiger partial charge in [0, 0.05) is 18.8 Å². The molecule has 2 aromatic carbocycles. The van der Waals surface area contributed by atoms with Crippen LogP contribution < -0.4 is 5.32 Å². The van der Waals surface area contributed by atoms with Crippen molar-refractivity contribution in [1.29, 1.82) is 0 Å². The van der Waals surface area contributed by atoms with Gasteiger partial charge in [-0.25, -0.2) is 8.42 Å². The standard InChI is InChI=1S/C20H24F2N2O2S/c21-20(22)27(25,26)19-8-6-18(7-9-19)23-14-16-10-12-24(13-11-16)15-17-4-2-1-3-5-17/h1-9,16,20,23H,10-15H2. The smallest absolute Gasteiger partial charge is 0.341 e. The van der Waals surface area contributed by atoms with Crippen molar-refractivity contribution < 1.29 is 17.2 Å². The summed E-state index contributed by atoms with van der Waals surface area (Å²) in [5, 5.41) is 3.29. The number of piperidine rings is 1. The van der Waals surface area contributed by atoms with Crippen LogP contribution in [-0.2, 0) is 16.4 Å². The van der Waals surface area contributed by atoms with Gasteiger partial charge in [-0.05, 0) is 61.7 Å². The highest BCUT2D eigenvalue weighted by Crippen LogP contribution is 2.22. The minimum atomic E-state index is -4.53. The van der Waals surface area contributed by atoms with Crippen LogP contribution >= 0.6 is 0 Å². The third-order valence-electron chi connectivity index (χ3n) is 4.97. The lowest BCUT2D eigenvalue weighted by Crippen LogP contribution is -2.35. The molecule has 0 amide bonds. The van der Waals surface area contributed by atoms with Gasteiger partial charge in [0.15, 0.2) is 0 Å². The Kier molecular flexibility index (Phi) is 6.44. The van der Waals surface area contributed by atoms with Gasteiger partial charge in [-0.1, -0.05) is 30.3 Å². The topological polar surface area (TPSA) is 49.4 Å². The van der Waals surface area contributed by atoms with Crippen LogP contribution in [0.5, 0.6) is 0 Å². The molecule has 1 aliphatic rings. The number of alkyl halides is 2. The van der Waals surface area contributed by atoms with Crippen LogP contribution in [0.25, 0.3) is 0 Å². The SMILES string of the molecule is O=S(=O)(c1ccc(NCC2CCN(Cc3ccccc3)CC2)cc1)C(F)F. The lowest BCUT2D eigenvalue weighted by molar-refractivity contribution is 0.182. The monoisotopic (exact) mass is 394 g/mol. The zero-order chi connectivity index (χ0) is 19.3. The van der Waals surface area contributed by atoms with Crippen LogP contribution in [0.4, 0.5) is 14.5 Å². The zero-order valence-electron chi connectivity index (χ0n) is 15.0. The minimum absolute atomic E-state index is 0.350. The van der Waals surface area contributed by atoms with Crippen molar-refractivity contribution in [3.63, 3.8) is 0 Å². The first kappa shape index (κ1) is 19.8. The molecule has 7 heteroatoms. The second-order valence-electron chi connectivity index (χ2n) is 6.92. The number of nitrogens with zero attached hydrogens (tertiary/aromatic N) is 1. The number of halogens is 2. The first-order valence-corrected chi connectivity index (χ1v) is 10.6. The predicted molar refractivity (Wildman–Crippen MR) is 103 cm³/mol. The van der Waals surface area contributed by atoms with Crippen molar-refractivity contribution in [2.45, 2.75) is 30.0 Å². The van der Waals surface area contributed by atoms with Gasteiger partial charge >= 0.3 is 5.76 Å². The van der Waals surface area contributed by atoms with E-state index in [0.29, 0.717) is 5.92 Å². The number of hydrogen-bond donors (Lipinski definition) is 1. The molecule has 0 saturated carbocycles. The fourth-order valence-corrected chi connectivity index (χ4v) is 4.04. The van der Waals surface area contributed by atoms with Crippen molar-refractivity contribution in [1.82, 2.24) is 4.90 Å². The number of sulfone groups is 1. The minimum Gasteiger partial charge on any atom is -0.385 e. The highest BCUT2D eigenvalue weighted by atomic mass is 32.2. The van der Waals surface area contributed by atoms with Crippen LogP contribution in [-0.4, -0.2) is 38.7 Å². The van der Waals surface area contributed by atoms with Gasteiger partial charge in [-0.2, -0.15) is 8.78 Å². The van der Waals surface area contributed by atoms with E-state index in [-0.39, 0.29) is 4.90 Å². The van der Waals surface area contributed by atoms with Crippen molar-refractivity contribution in [3.8, 4) is 0 Å². The Bertz CT molecular complexity index is 819. The van der Waals surface area contributed by atoms with E-state index >= 15 is 0 Å². The molecule has 27 heavy (non-hydrogen) atoms. The number of hydrogen-bond acceptors (Lipinski definition) is 4. The number of benzene rings is 2. The number of nitrogens with one attached hydrogen (secondary N) is 1. The van der Waals surface area contributed by atoms with E-state index < -0.39 is 15.6 Å². The number of rotatable bonds is 7. The third-order valence-corrected chi connectivity index (χ3v) is 6.37. The maximum atomic E-state index is 12.6. The summed E-state index contributed by atoms with van der Waals surface area (Å²) in [6.07, 6.45) is 2.19. The summed E-state index contributed by atoms with van der Waals surface area (Å²) >= 11 is 0. The molecule has 146 valence electrons. The second kappa shape index (κ2) is 8.80. The molecule has 3 rings (SSSR count). The van der Waals surface area contributed by atoms with Crippen LogP contribution in [0.1, 0.15) is 18.4 Å². The van der Waals surface area contributed by atoms with Gasteiger partial charge in [0.1, 0.15) is 0 Å². The first-order valence-electron chi connectivity index (χ1n) is 9.07.